The van der Waals surface area contributed by atoms with Gasteiger partial charge in [0.15, 0.2) is 0 Å². The quantitative estimate of drug-likeness (QED) is 0.876. The van der Waals surface area contributed by atoms with Crippen molar-refractivity contribution in [2.45, 2.75) is 37.8 Å². The van der Waals surface area contributed by atoms with Crippen LogP contribution in [-0.2, 0) is 0 Å². The van der Waals surface area contributed by atoms with E-state index < -0.39 is 0 Å². The first-order valence-electron chi connectivity index (χ1n) is 8.74. The molecule has 3 rings (SSSR count). The SMILES string of the molecule is CN(C)c1ccnc(NC2CCC(NC(=O)c3ccccc3)CC2)n1. The molecule has 1 amide bonds. The number of nitrogens with zero attached hydrogens (tertiary/aromatic N) is 3. The van der Waals surface area contributed by atoms with Gasteiger partial charge < -0.3 is 15.5 Å². The summed E-state index contributed by atoms with van der Waals surface area (Å²) < 4.78 is 0. The van der Waals surface area contributed by atoms with Crippen molar-refractivity contribution in [3.63, 3.8) is 0 Å². The number of benzene rings is 1. The van der Waals surface area contributed by atoms with E-state index in [4.69, 9.17) is 0 Å². The van der Waals surface area contributed by atoms with E-state index in [1.54, 1.807) is 6.20 Å². The minimum absolute atomic E-state index is 0.0130. The molecule has 132 valence electrons. The number of carbonyl (C=O) groups is 1. The first-order valence-corrected chi connectivity index (χ1v) is 8.74. The Balaban J connectivity index is 1.49. The van der Waals surface area contributed by atoms with Crippen LogP contribution in [0.25, 0.3) is 0 Å². The van der Waals surface area contributed by atoms with E-state index in [0.29, 0.717) is 12.0 Å². The van der Waals surface area contributed by atoms with E-state index in [-0.39, 0.29) is 11.9 Å². The Hall–Kier alpha value is -2.63. The molecule has 1 aliphatic rings. The van der Waals surface area contributed by atoms with Crippen molar-refractivity contribution in [2.75, 3.05) is 24.3 Å². The van der Waals surface area contributed by atoms with E-state index in [0.717, 1.165) is 37.1 Å². The third kappa shape index (κ3) is 4.68. The summed E-state index contributed by atoms with van der Waals surface area (Å²) in [4.78, 5) is 23.0. The lowest BCUT2D eigenvalue weighted by atomic mass is 9.91. The number of rotatable bonds is 5. The van der Waals surface area contributed by atoms with Crippen molar-refractivity contribution in [3.05, 3.63) is 48.2 Å². The number of hydrogen-bond acceptors (Lipinski definition) is 5. The van der Waals surface area contributed by atoms with Crippen molar-refractivity contribution in [3.8, 4) is 0 Å². The topological polar surface area (TPSA) is 70.2 Å². The summed E-state index contributed by atoms with van der Waals surface area (Å²) >= 11 is 0. The third-order valence-corrected chi connectivity index (χ3v) is 4.53. The molecule has 1 heterocycles. The van der Waals surface area contributed by atoms with Crippen molar-refractivity contribution in [1.82, 2.24) is 15.3 Å². The van der Waals surface area contributed by atoms with Gasteiger partial charge in [-0.2, -0.15) is 4.98 Å². The van der Waals surface area contributed by atoms with Gasteiger partial charge in [-0.05, 0) is 43.9 Å². The van der Waals surface area contributed by atoms with Gasteiger partial charge in [0.05, 0.1) is 0 Å². The lowest BCUT2D eigenvalue weighted by Crippen LogP contribution is -2.40. The molecule has 1 aromatic carbocycles. The fourth-order valence-electron chi connectivity index (χ4n) is 3.09. The van der Waals surface area contributed by atoms with Gasteiger partial charge in [-0.25, -0.2) is 4.98 Å². The Labute approximate surface area is 148 Å². The predicted molar refractivity (Wildman–Crippen MR) is 99.9 cm³/mol. The standard InChI is InChI=1S/C19H25N5O/c1-24(2)17-12-13-20-19(23-17)22-16-10-8-15(9-11-16)21-18(25)14-6-4-3-5-7-14/h3-7,12-13,15-16H,8-11H2,1-2H3,(H,21,25)(H,20,22,23). The molecule has 1 saturated carbocycles. The average Bonchev–Trinajstić information content (AvgIpc) is 2.64. The van der Waals surface area contributed by atoms with Crippen LogP contribution in [0.3, 0.4) is 0 Å². The molecule has 6 nitrogen and oxygen atoms in total. The van der Waals surface area contributed by atoms with Crippen LogP contribution in [0.2, 0.25) is 0 Å². The minimum Gasteiger partial charge on any atom is -0.363 e. The molecule has 6 heteroatoms. The molecule has 0 saturated heterocycles. The molecule has 1 aromatic heterocycles. The Morgan fingerprint density at radius 1 is 1.04 bits per heavy atom. The second-order valence-corrected chi connectivity index (χ2v) is 6.67. The summed E-state index contributed by atoms with van der Waals surface area (Å²) in [6.07, 6.45) is 5.69. The zero-order valence-corrected chi connectivity index (χ0v) is 14.8. The van der Waals surface area contributed by atoms with Gasteiger partial charge in [-0.1, -0.05) is 18.2 Å². The number of carbonyl (C=O) groups excluding carboxylic acids is 1. The van der Waals surface area contributed by atoms with Gasteiger partial charge in [0.1, 0.15) is 5.82 Å². The van der Waals surface area contributed by atoms with Gasteiger partial charge in [0.2, 0.25) is 5.95 Å². The summed E-state index contributed by atoms with van der Waals surface area (Å²) in [5, 5.41) is 6.56. The number of hydrogen-bond donors (Lipinski definition) is 2. The summed E-state index contributed by atoms with van der Waals surface area (Å²) in [5.41, 5.74) is 0.719. The Bertz CT molecular complexity index is 696. The van der Waals surface area contributed by atoms with Gasteiger partial charge in [0, 0.05) is 37.9 Å². The highest BCUT2D eigenvalue weighted by atomic mass is 16.1. The normalized spacial score (nSPS) is 19.9. The molecular weight excluding hydrogens is 314 g/mol. The highest BCUT2D eigenvalue weighted by Gasteiger charge is 2.23. The van der Waals surface area contributed by atoms with Crippen LogP contribution in [0.1, 0.15) is 36.0 Å². The van der Waals surface area contributed by atoms with E-state index in [9.17, 15) is 4.79 Å². The molecule has 1 fully saturated rings. The first kappa shape index (κ1) is 17.2. The van der Waals surface area contributed by atoms with Gasteiger partial charge >= 0.3 is 0 Å². The summed E-state index contributed by atoms with van der Waals surface area (Å²) in [5.74, 6) is 1.57. The maximum Gasteiger partial charge on any atom is 0.251 e. The molecule has 0 aliphatic heterocycles. The number of anilines is 2. The molecular formula is C19H25N5O. The van der Waals surface area contributed by atoms with Crippen molar-refractivity contribution >= 4 is 17.7 Å². The molecule has 0 spiro atoms. The maximum absolute atomic E-state index is 12.2. The minimum atomic E-state index is 0.0130. The zero-order valence-electron chi connectivity index (χ0n) is 14.8. The molecule has 25 heavy (non-hydrogen) atoms. The summed E-state index contributed by atoms with van der Waals surface area (Å²) in [7, 11) is 3.93. The van der Waals surface area contributed by atoms with Crippen LogP contribution >= 0.6 is 0 Å². The van der Waals surface area contributed by atoms with Crippen LogP contribution in [0.15, 0.2) is 42.6 Å². The fourth-order valence-corrected chi connectivity index (χ4v) is 3.09. The Morgan fingerprint density at radius 2 is 1.72 bits per heavy atom. The van der Waals surface area contributed by atoms with Crippen LogP contribution in [0, 0.1) is 0 Å². The maximum atomic E-state index is 12.2. The predicted octanol–water partition coefficient (Wildman–Crippen LogP) is 2.70. The molecule has 0 atom stereocenters. The van der Waals surface area contributed by atoms with E-state index in [2.05, 4.69) is 20.6 Å². The molecule has 1 aliphatic carbocycles. The highest BCUT2D eigenvalue weighted by Crippen LogP contribution is 2.22. The Morgan fingerprint density at radius 3 is 2.40 bits per heavy atom. The summed E-state index contributed by atoms with van der Waals surface area (Å²) in [6.45, 7) is 0. The first-order chi connectivity index (χ1) is 12.1. The van der Waals surface area contributed by atoms with Crippen LogP contribution in [-0.4, -0.2) is 42.1 Å². The molecule has 0 radical (unpaired) electrons. The van der Waals surface area contributed by atoms with Crippen LogP contribution in [0.5, 0.6) is 0 Å². The number of aromatic nitrogens is 2. The highest BCUT2D eigenvalue weighted by molar-refractivity contribution is 5.94. The monoisotopic (exact) mass is 339 g/mol. The number of amides is 1. The zero-order chi connectivity index (χ0) is 17.6. The van der Waals surface area contributed by atoms with Crippen molar-refractivity contribution < 1.29 is 4.79 Å². The van der Waals surface area contributed by atoms with Crippen LogP contribution < -0.4 is 15.5 Å². The lowest BCUT2D eigenvalue weighted by molar-refractivity contribution is 0.0926. The van der Waals surface area contributed by atoms with E-state index >= 15 is 0 Å². The molecule has 2 N–H and O–H groups in total. The second kappa shape index (κ2) is 7.96. The third-order valence-electron chi connectivity index (χ3n) is 4.53. The lowest BCUT2D eigenvalue weighted by Gasteiger charge is -2.29. The Kier molecular flexibility index (Phi) is 5.48. The van der Waals surface area contributed by atoms with Gasteiger partial charge in [-0.15, -0.1) is 0 Å². The second-order valence-electron chi connectivity index (χ2n) is 6.67. The van der Waals surface area contributed by atoms with E-state index in [1.807, 2.05) is 55.4 Å². The molecule has 0 unspecified atom stereocenters. The number of nitrogens with one attached hydrogen (secondary N) is 2. The fraction of sp³-hybridized carbons (Fsp3) is 0.421. The summed E-state index contributed by atoms with van der Waals surface area (Å²) in [6, 6.07) is 11.9. The van der Waals surface area contributed by atoms with Crippen LogP contribution in [0.4, 0.5) is 11.8 Å². The largest absolute Gasteiger partial charge is 0.363 e. The van der Waals surface area contributed by atoms with Gasteiger partial charge in [-0.3, -0.25) is 4.79 Å². The smallest absolute Gasteiger partial charge is 0.251 e. The van der Waals surface area contributed by atoms with Crippen molar-refractivity contribution in [2.24, 2.45) is 0 Å². The average molecular weight is 339 g/mol. The molecule has 2 aromatic rings. The molecule has 0 bridgehead atoms. The van der Waals surface area contributed by atoms with E-state index in [1.165, 1.54) is 0 Å². The van der Waals surface area contributed by atoms with Gasteiger partial charge in [0.25, 0.3) is 5.91 Å². The van der Waals surface area contributed by atoms with Crippen molar-refractivity contribution in [1.29, 1.82) is 0 Å².